The molecule has 108 valence electrons. The Morgan fingerprint density at radius 3 is 2.76 bits per heavy atom. The molecule has 0 saturated heterocycles. The van der Waals surface area contributed by atoms with E-state index in [1.165, 1.54) is 11.3 Å². The lowest BCUT2D eigenvalue weighted by molar-refractivity contribution is 0.380. The summed E-state index contributed by atoms with van der Waals surface area (Å²) in [5, 5.41) is 7.12. The number of aromatic nitrogens is 3. The summed E-state index contributed by atoms with van der Waals surface area (Å²) in [6.07, 6.45) is 0.506. The zero-order chi connectivity index (χ0) is 14.7. The summed E-state index contributed by atoms with van der Waals surface area (Å²) in [7, 11) is 0. The van der Waals surface area contributed by atoms with Gasteiger partial charge in [0.25, 0.3) is 0 Å². The van der Waals surface area contributed by atoms with Gasteiger partial charge in [-0.2, -0.15) is 4.98 Å². The van der Waals surface area contributed by atoms with E-state index >= 15 is 0 Å². The molecule has 5 nitrogen and oxygen atoms in total. The molecule has 21 heavy (non-hydrogen) atoms. The zero-order valence-corrected chi connectivity index (χ0v) is 13.2. The number of rotatable bonds is 5. The molecule has 3 aromatic rings. The normalized spacial score (nSPS) is 10.9. The van der Waals surface area contributed by atoms with Gasteiger partial charge in [0.1, 0.15) is 0 Å². The van der Waals surface area contributed by atoms with E-state index in [1.54, 1.807) is 11.8 Å². The second-order valence-corrected chi connectivity index (χ2v) is 6.58. The summed E-state index contributed by atoms with van der Waals surface area (Å²) in [5.41, 5.74) is 6.43. The number of thiazole rings is 1. The molecule has 0 radical (unpaired) electrons. The van der Waals surface area contributed by atoms with Crippen LogP contribution in [0, 0.1) is 0 Å². The van der Waals surface area contributed by atoms with E-state index in [4.69, 9.17) is 21.9 Å². The van der Waals surface area contributed by atoms with Crippen molar-refractivity contribution in [1.29, 1.82) is 0 Å². The van der Waals surface area contributed by atoms with Crippen molar-refractivity contribution in [3.05, 3.63) is 52.1 Å². The fourth-order valence-electron chi connectivity index (χ4n) is 1.66. The Morgan fingerprint density at radius 1 is 1.24 bits per heavy atom. The summed E-state index contributed by atoms with van der Waals surface area (Å²) < 4.78 is 5.21. The molecular formula is C13H11ClN4OS2. The predicted octanol–water partition coefficient (Wildman–Crippen LogP) is 3.64. The lowest BCUT2D eigenvalue weighted by Crippen LogP contribution is -1.91. The van der Waals surface area contributed by atoms with Crippen LogP contribution in [0.2, 0.25) is 5.02 Å². The van der Waals surface area contributed by atoms with Crippen LogP contribution < -0.4 is 5.73 Å². The molecule has 2 aromatic heterocycles. The number of hydrogen-bond acceptors (Lipinski definition) is 7. The van der Waals surface area contributed by atoms with Crippen molar-refractivity contribution in [2.24, 2.45) is 0 Å². The maximum Gasteiger partial charge on any atom is 0.232 e. The van der Waals surface area contributed by atoms with Gasteiger partial charge < -0.3 is 10.3 Å². The summed E-state index contributed by atoms with van der Waals surface area (Å²) in [6.45, 7) is 0. The molecule has 2 N–H and O–H groups in total. The highest BCUT2D eigenvalue weighted by Gasteiger charge is 2.09. The van der Waals surface area contributed by atoms with E-state index in [1.807, 2.05) is 29.6 Å². The quantitative estimate of drug-likeness (QED) is 0.715. The fourth-order valence-corrected chi connectivity index (χ4v) is 3.09. The predicted molar refractivity (Wildman–Crippen MR) is 84.6 cm³/mol. The number of nitrogens with two attached hydrogens (primary N) is 1. The molecule has 8 heteroatoms. The highest BCUT2D eigenvalue weighted by molar-refractivity contribution is 7.98. The van der Waals surface area contributed by atoms with Crippen LogP contribution in [-0.4, -0.2) is 15.1 Å². The number of thioether (sulfide) groups is 1. The van der Waals surface area contributed by atoms with Crippen molar-refractivity contribution in [1.82, 2.24) is 15.1 Å². The average Bonchev–Trinajstić information content (AvgIpc) is 3.08. The van der Waals surface area contributed by atoms with Crippen molar-refractivity contribution >= 4 is 39.8 Å². The van der Waals surface area contributed by atoms with Gasteiger partial charge in [-0.25, -0.2) is 4.98 Å². The van der Waals surface area contributed by atoms with Crippen LogP contribution in [0.25, 0.3) is 0 Å². The van der Waals surface area contributed by atoms with Crippen molar-refractivity contribution in [2.45, 2.75) is 17.1 Å². The van der Waals surface area contributed by atoms with Crippen molar-refractivity contribution in [3.63, 3.8) is 0 Å². The number of halogens is 1. The van der Waals surface area contributed by atoms with Crippen LogP contribution in [0.3, 0.4) is 0 Å². The third-order valence-electron chi connectivity index (χ3n) is 2.59. The number of nitrogen functional groups attached to an aromatic ring is 1. The molecule has 0 fully saturated rings. The molecule has 0 aliphatic rings. The summed E-state index contributed by atoms with van der Waals surface area (Å²) in [4.78, 5) is 9.62. The molecule has 0 spiro atoms. The van der Waals surface area contributed by atoms with Crippen LogP contribution in [-0.2, 0) is 12.2 Å². The lowest BCUT2D eigenvalue weighted by atomic mass is 10.3. The van der Waals surface area contributed by atoms with E-state index in [0.29, 0.717) is 29.0 Å². The molecule has 0 aliphatic heterocycles. The van der Waals surface area contributed by atoms with Crippen molar-refractivity contribution in [2.75, 3.05) is 5.73 Å². The lowest BCUT2D eigenvalue weighted by Gasteiger charge is -1.97. The standard InChI is InChI=1S/C13H11ClN4OS2/c14-8-1-3-10(4-2-8)20-7-11-17-12(19-18-11)5-9-6-21-13(15)16-9/h1-4,6H,5,7H2,(H2,15,16). The van der Waals surface area contributed by atoms with Gasteiger partial charge in [0.15, 0.2) is 11.0 Å². The maximum absolute atomic E-state index is 5.85. The molecule has 0 unspecified atom stereocenters. The Labute approximate surface area is 134 Å². The van der Waals surface area contributed by atoms with E-state index in [2.05, 4.69) is 15.1 Å². The first-order valence-corrected chi connectivity index (χ1v) is 8.33. The number of nitrogens with zero attached hydrogens (tertiary/aromatic N) is 3. The third kappa shape index (κ3) is 3.96. The number of anilines is 1. The molecule has 1 aromatic carbocycles. The Balaban J connectivity index is 1.58. The smallest absolute Gasteiger partial charge is 0.232 e. The Hall–Kier alpha value is -1.57. The van der Waals surface area contributed by atoms with E-state index < -0.39 is 0 Å². The van der Waals surface area contributed by atoms with Gasteiger partial charge in [0.2, 0.25) is 5.89 Å². The van der Waals surface area contributed by atoms with Crippen LogP contribution in [0.4, 0.5) is 5.13 Å². The van der Waals surface area contributed by atoms with E-state index in [-0.39, 0.29) is 0 Å². The van der Waals surface area contributed by atoms with Gasteiger partial charge in [-0.05, 0) is 24.3 Å². The fraction of sp³-hybridized carbons (Fsp3) is 0.154. The molecule has 3 rings (SSSR count). The second-order valence-electron chi connectivity index (χ2n) is 4.20. The van der Waals surface area contributed by atoms with Crippen molar-refractivity contribution in [3.8, 4) is 0 Å². The van der Waals surface area contributed by atoms with Gasteiger partial charge in [-0.3, -0.25) is 0 Å². The molecule has 0 saturated carbocycles. The second kappa shape index (κ2) is 6.46. The Morgan fingerprint density at radius 2 is 2.05 bits per heavy atom. The largest absolute Gasteiger partial charge is 0.375 e. The SMILES string of the molecule is Nc1nc(Cc2nc(CSc3ccc(Cl)cc3)no2)cs1. The Bertz CT molecular complexity index is 726. The Kier molecular flexibility index (Phi) is 4.42. The first kappa shape index (κ1) is 14.4. The monoisotopic (exact) mass is 338 g/mol. The van der Waals surface area contributed by atoms with Gasteiger partial charge in [0.05, 0.1) is 17.9 Å². The topological polar surface area (TPSA) is 77.8 Å². The van der Waals surface area contributed by atoms with Crippen molar-refractivity contribution < 1.29 is 4.52 Å². The highest BCUT2D eigenvalue weighted by atomic mass is 35.5. The van der Waals surface area contributed by atoms with Crippen LogP contribution in [0.1, 0.15) is 17.4 Å². The maximum atomic E-state index is 5.85. The molecular weight excluding hydrogens is 328 g/mol. The first-order valence-electron chi connectivity index (χ1n) is 6.09. The van der Waals surface area contributed by atoms with E-state index in [9.17, 15) is 0 Å². The molecule has 2 heterocycles. The van der Waals surface area contributed by atoms with Gasteiger partial charge in [0, 0.05) is 15.3 Å². The zero-order valence-electron chi connectivity index (χ0n) is 10.8. The first-order chi connectivity index (χ1) is 10.2. The average molecular weight is 339 g/mol. The highest BCUT2D eigenvalue weighted by Crippen LogP contribution is 2.23. The number of hydrogen-bond donors (Lipinski definition) is 1. The van der Waals surface area contributed by atoms with Crippen LogP contribution in [0.5, 0.6) is 0 Å². The van der Waals surface area contributed by atoms with Gasteiger partial charge in [-0.1, -0.05) is 16.8 Å². The molecule has 0 atom stereocenters. The van der Waals surface area contributed by atoms with Crippen LogP contribution >= 0.6 is 34.7 Å². The molecule has 0 amide bonds. The van der Waals surface area contributed by atoms with Gasteiger partial charge in [-0.15, -0.1) is 23.1 Å². The number of benzene rings is 1. The minimum Gasteiger partial charge on any atom is -0.375 e. The van der Waals surface area contributed by atoms with E-state index in [0.717, 1.165) is 15.6 Å². The summed E-state index contributed by atoms with van der Waals surface area (Å²) >= 11 is 8.88. The molecule has 0 bridgehead atoms. The van der Waals surface area contributed by atoms with Crippen LogP contribution in [0.15, 0.2) is 39.1 Å². The summed E-state index contributed by atoms with van der Waals surface area (Å²) in [6, 6.07) is 7.65. The van der Waals surface area contributed by atoms with Gasteiger partial charge >= 0.3 is 0 Å². The molecule has 0 aliphatic carbocycles. The minimum atomic E-state index is 0.506. The summed E-state index contributed by atoms with van der Waals surface area (Å²) in [5.74, 6) is 1.85. The third-order valence-corrected chi connectivity index (χ3v) is 4.58. The minimum absolute atomic E-state index is 0.506.